The number of amides is 1. The van der Waals surface area contributed by atoms with Crippen LogP contribution in [0, 0.1) is 5.92 Å². The number of piperazine rings is 1. The summed E-state index contributed by atoms with van der Waals surface area (Å²) in [5, 5.41) is 8.34. The van der Waals surface area contributed by atoms with Crippen molar-refractivity contribution in [2.45, 2.75) is 64.0 Å². The normalized spacial score (nSPS) is 25.8. The summed E-state index contributed by atoms with van der Waals surface area (Å²) in [5.74, 6) is 0.892. The molecule has 3 heterocycles. The molecule has 0 N–H and O–H groups in total. The lowest BCUT2D eigenvalue weighted by Gasteiger charge is -2.37. The van der Waals surface area contributed by atoms with Crippen molar-refractivity contribution in [1.82, 2.24) is 24.8 Å². The van der Waals surface area contributed by atoms with Crippen LogP contribution in [0.1, 0.15) is 61.9 Å². The quantitative estimate of drug-likeness (QED) is 0.848. The van der Waals surface area contributed by atoms with E-state index < -0.39 is 0 Å². The van der Waals surface area contributed by atoms with E-state index in [1.807, 2.05) is 15.8 Å². The Hall–Kier alpha value is -1.43. The van der Waals surface area contributed by atoms with Crippen LogP contribution < -0.4 is 0 Å². The minimum Gasteiger partial charge on any atom is -0.334 e. The largest absolute Gasteiger partial charge is 0.334 e. The summed E-state index contributed by atoms with van der Waals surface area (Å²) in [7, 11) is 0. The molecule has 1 unspecified atom stereocenters. The van der Waals surface area contributed by atoms with Crippen molar-refractivity contribution in [2.24, 2.45) is 5.92 Å². The molecule has 2 aliphatic heterocycles. The molecule has 4 rings (SSSR count). The van der Waals surface area contributed by atoms with Crippen molar-refractivity contribution < 1.29 is 4.79 Å². The maximum absolute atomic E-state index is 12.7. The van der Waals surface area contributed by atoms with Gasteiger partial charge < -0.3 is 4.90 Å². The van der Waals surface area contributed by atoms with Crippen molar-refractivity contribution in [3.63, 3.8) is 0 Å². The fraction of sp³-hybridized carbons (Fsp3) is 0.833. The second kappa shape index (κ2) is 7.21. The Kier molecular flexibility index (Phi) is 4.83. The van der Waals surface area contributed by atoms with Crippen LogP contribution in [0.3, 0.4) is 0 Å². The smallest absolute Gasteiger partial charge is 0.276 e. The van der Waals surface area contributed by atoms with E-state index in [9.17, 15) is 4.79 Å². The minimum absolute atomic E-state index is 0.0606. The second-order valence-corrected chi connectivity index (χ2v) is 7.74. The summed E-state index contributed by atoms with van der Waals surface area (Å²) in [4.78, 5) is 17.2. The van der Waals surface area contributed by atoms with Gasteiger partial charge in [-0.2, -0.15) is 0 Å². The Balaban J connectivity index is 1.31. The number of fused-ring (bicyclic) bond motifs is 1. The van der Waals surface area contributed by atoms with Crippen LogP contribution in [0.2, 0.25) is 0 Å². The maximum Gasteiger partial charge on any atom is 0.276 e. The molecule has 0 radical (unpaired) electrons. The van der Waals surface area contributed by atoms with Gasteiger partial charge in [0.1, 0.15) is 0 Å². The lowest BCUT2D eigenvalue weighted by molar-refractivity contribution is 0.0565. The van der Waals surface area contributed by atoms with Crippen molar-refractivity contribution in [3.05, 3.63) is 11.9 Å². The summed E-state index contributed by atoms with van der Waals surface area (Å²) in [6, 6.07) is 0.559. The number of carbonyl (C=O) groups excluding carboxylic acids is 1. The number of aromatic nitrogens is 3. The van der Waals surface area contributed by atoms with Gasteiger partial charge in [-0.15, -0.1) is 5.10 Å². The van der Waals surface area contributed by atoms with E-state index in [1.54, 1.807) is 0 Å². The highest BCUT2D eigenvalue weighted by Crippen LogP contribution is 2.26. The molecule has 6 heteroatoms. The first-order valence-corrected chi connectivity index (χ1v) is 9.73. The molecule has 1 aromatic heterocycles. The van der Waals surface area contributed by atoms with Crippen LogP contribution >= 0.6 is 0 Å². The molecule has 1 aromatic rings. The van der Waals surface area contributed by atoms with E-state index in [1.165, 1.54) is 51.5 Å². The number of hydrogen-bond donors (Lipinski definition) is 0. The Bertz CT molecular complexity index is 566. The van der Waals surface area contributed by atoms with E-state index >= 15 is 0 Å². The molecule has 132 valence electrons. The number of carbonyl (C=O) groups is 1. The third kappa shape index (κ3) is 3.48. The van der Waals surface area contributed by atoms with Gasteiger partial charge in [0.15, 0.2) is 5.69 Å². The van der Waals surface area contributed by atoms with E-state index in [0.717, 1.165) is 38.5 Å². The molecule has 1 saturated carbocycles. The maximum atomic E-state index is 12.7. The van der Waals surface area contributed by atoms with Gasteiger partial charge in [0, 0.05) is 32.2 Å². The summed E-state index contributed by atoms with van der Waals surface area (Å²) in [6.45, 7) is 4.77. The first-order chi connectivity index (χ1) is 11.8. The van der Waals surface area contributed by atoms with Gasteiger partial charge >= 0.3 is 0 Å². The molecule has 1 aliphatic carbocycles. The predicted molar refractivity (Wildman–Crippen MR) is 91.7 cm³/mol. The van der Waals surface area contributed by atoms with Crippen LogP contribution in [-0.4, -0.2) is 62.9 Å². The Labute approximate surface area is 144 Å². The van der Waals surface area contributed by atoms with Gasteiger partial charge in [-0.05, 0) is 31.7 Å². The molecule has 1 atom stereocenters. The van der Waals surface area contributed by atoms with Crippen LogP contribution in [0.5, 0.6) is 0 Å². The van der Waals surface area contributed by atoms with Gasteiger partial charge in [-0.25, -0.2) is 0 Å². The predicted octanol–water partition coefficient (Wildman–Crippen LogP) is 2.17. The van der Waals surface area contributed by atoms with Gasteiger partial charge in [-0.1, -0.05) is 37.3 Å². The Morgan fingerprint density at radius 3 is 2.83 bits per heavy atom. The number of hydrogen-bond acceptors (Lipinski definition) is 4. The van der Waals surface area contributed by atoms with E-state index in [0.29, 0.717) is 11.7 Å². The second-order valence-electron chi connectivity index (χ2n) is 7.74. The molecule has 0 bridgehead atoms. The van der Waals surface area contributed by atoms with Crippen LogP contribution in [0.25, 0.3) is 0 Å². The number of aryl methyl sites for hydroxylation is 1. The first-order valence-electron chi connectivity index (χ1n) is 9.73. The number of nitrogens with zero attached hydrogens (tertiary/aromatic N) is 5. The standard InChI is InChI=1S/C18H29N5O/c24-18(22-12-11-21-9-4-7-16(21)13-22)17-14-23(20-19-17)10-8-15-5-2-1-3-6-15/h14-16H,1-13H2. The molecule has 1 amide bonds. The zero-order valence-corrected chi connectivity index (χ0v) is 14.6. The molecule has 6 nitrogen and oxygen atoms in total. The van der Waals surface area contributed by atoms with E-state index in [2.05, 4.69) is 15.2 Å². The molecular formula is C18H29N5O. The monoisotopic (exact) mass is 331 g/mol. The average molecular weight is 331 g/mol. The fourth-order valence-corrected chi connectivity index (χ4v) is 4.63. The van der Waals surface area contributed by atoms with Crippen LogP contribution in [-0.2, 0) is 6.54 Å². The molecule has 0 spiro atoms. The molecular weight excluding hydrogens is 302 g/mol. The fourth-order valence-electron chi connectivity index (χ4n) is 4.63. The highest BCUT2D eigenvalue weighted by Gasteiger charge is 2.33. The molecule has 2 saturated heterocycles. The molecule has 0 aromatic carbocycles. The first kappa shape index (κ1) is 16.1. The van der Waals surface area contributed by atoms with Gasteiger partial charge in [-0.3, -0.25) is 14.4 Å². The molecule has 24 heavy (non-hydrogen) atoms. The Morgan fingerprint density at radius 2 is 1.96 bits per heavy atom. The SMILES string of the molecule is O=C(c1cn(CCC2CCCCC2)nn1)N1CCN2CCCC2C1. The highest BCUT2D eigenvalue weighted by molar-refractivity contribution is 5.92. The van der Waals surface area contributed by atoms with Crippen molar-refractivity contribution in [2.75, 3.05) is 26.2 Å². The summed E-state index contributed by atoms with van der Waals surface area (Å²) in [6.07, 6.45) is 12.4. The summed E-state index contributed by atoms with van der Waals surface area (Å²) in [5.41, 5.74) is 0.519. The summed E-state index contributed by atoms with van der Waals surface area (Å²) >= 11 is 0. The van der Waals surface area contributed by atoms with Crippen LogP contribution in [0.15, 0.2) is 6.20 Å². The number of rotatable bonds is 4. The summed E-state index contributed by atoms with van der Waals surface area (Å²) < 4.78 is 1.87. The molecule has 3 aliphatic rings. The van der Waals surface area contributed by atoms with Gasteiger partial charge in [0.25, 0.3) is 5.91 Å². The Morgan fingerprint density at radius 1 is 1.08 bits per heavy atom. The van der Waals surface area contributed by atoms with Crippen molar-refractivity contribution in [1.29, 1.82) is 0 Å². The zero-order chi connectivity index (χ0) is 16.4. The lowest BCUT2D eigenvalue weighted by Crippen LogP contribution is -2.52. The zero-order valence-electron chi connectivity index (χ0n) is 14.6. The van der Waals surface area contributed by atoms with E-state index in [-0.39, 0.29) is 5.91 Å². The third-order valence-corrected chi connectivity index (χ3v) is 6.12. The minimum atomic E-state index is 0.0606. The molecule has 3 fully saturated rings. The van der Waals surface area contributed by atoms with Crippen molar-refractivity contribution in [3.8, 4) is 0 Å². The highest BCUT2D eigenvalue weighted by atomic mass is 16.2. The van der Waals surface area contributed by atoms with Gasteiger partial charge in [0.2, 0.25) is 0 Å². The van der Waals surface area contributed by atoms with Crippen LogP contribution in [0.4, 0.5) is 0 Å². The van der Waals surface area contributed by atoms with Crippen molar-refractivity contribution >= 4 is 5.91 Å². The topological polar surface area (TPSA) is 54.3 Å². The third-order valence-electron chi connectivity index (χ3n) is 6.12. The van der Waals surface area contributed by atoms with Gasteiger partial charge in [0.05, 0.1) is 6.20 Å². The average Bonchev–Trinajstić information content (AvgIpc) is 3.29. The van der Waals surface area contributed by atoms with E-state index in [4.69, 9.17) is 0 Å². The lowest BCUT2D eigenvalue weighted by atomic mass is 9.87.